The molecular weight excluding hydrogens is 316 g/mol. The van der Waals surface area contributed by atoms with Gasteiger partial charge in [-0.3, -0.25) is 9.89 Å². The SMILES string of the molecule is CCNC(=NCC1CCCCN1CC)NCCCOCC1CCOC1. The molecule has 2 atom stereocenters. The molecule has 146 valence electrons. The van der Waals surface area contributed by atoms with Gasteiger partial charge < -0.3 is 20.1 Å². The minimum atomic E-state index is 0.601. The number of likely N-dealkylation sites (N-methyl/N-ethyl adjacent to an activating group) is 1. The third kappa shape index (κ3) is 7.92. The molecule has 0 aromatic heterocycles. The second-order valence-corrected chi connectivity index (χ2v) is 7.08. The summed E-state index contributed by atoms with van der Waals surface area (Å²) in [7, 11) is 0. The van der Waals surface area contributed by atoms with Crippen LogP contribution in [0, 0.1) is 5.92 Å². The van der Waals surface area contributed by atoms with Crippen LogP contribution in [0.15, 0.2) is 4.99 Å². The van der Waals surface area contributed by atoms with Gasteiger partial charge in [-0.15, -0.1) is 0 Å². The zero-order valence-electron chi connectivity index (χ0n) is 16.3. The normalized spacial score (nSPS) is 25.3. The average molecular weight is 355 g/mol. The molecule has 0 aromatic carbocycles. The lowest BCUT2D eigenvalue weighted by Gasteiger charge is -2.33. The molecular formula is C19H38N4O2. The van der Waals surface area contributed by atoms with Crippen LogP contribution in [0.4, 0.5) is 0 Å². The quantitative estimate of drug-likeness (QED) is 0.356. The molecule has 2 heterocycles. The van der Waals surface area contributed by atoms with Gasteiger partial charge >= 0.3 is 0 Å². The third-order valence-corrected chi connectivity index (χ3v) is 5.10. The van der Waals surface area contributed by atoms with Gasteiger partial charge in [0.1, 0.15) is 0 Å². The van der Waals surface area contributed by atoms with Crippen LogP contribution in [0.2, 0.25) is 0 Å². The second kappa shape index (κ2) is 12.5. The van der Waals surface area contributed by atoms with Gasteiger partial charge in [-0.25, -0.2) is 0 Å². The number of nitrogens with one attached hydrogen (secondary N) is 2. The van der Waals surface area contributed by atoms with E-state index in [0.29, 0.717) is 12.0 Å². The molecule has 2 fully saturated rings. The Balaban J connectivity index is 1.61. The first-order valence-corrected chi connectivity index (χ1v) is 10.2. The van der Waals surface area contributed by atoms with Crippen LogP contribution in [0.1, 0.15) is 46.0 Å². The van der Waals surface area contributed by atoms with Crippen molar-refractivity contribution in [3.8, 4) is 0 Å². The van der Waals surface area contributed by atoms with E-state index in [1.807, 2.05) is 0 Å². The number of piperidine rings is 1. The highest BCUT2D eigenvalue weighted by atomic mass is 16.5. The van der Waals surface area contributed by atoms with Gasteiger partial charge in [-0.2, -0.15) is 0 Å². The van der Waals surface area contributed by atoms with Crippen molar-refractivity contribution < 1.29 is 9.47 Å². The Morgan fingerprint density at radius 1 is 1.24 bits per heavy atom. The van der Waals surface area contributed by atoms with E-state index >= 15 is 0 Å². The smallest absolute Gasteiger partial charge is 0.191 e. The maximum atomic E-state index is 5.76. The van der Waals surface area contributed by atoms with Gasteiger partial charge in [0.15, 0.2) is 5.96 Å². The van der Waals surface area contributed by atoms with E-state index < -0.39 is 0 Å². The monoisotopic (exact) mass is 354 g/mol. The topological polar surface area (TPSA) is 58.1 Å². The Bertz CT molecular complexity index is 372. The third-order valence-electron chi connectivity index (χ3n) is 5.10. The van der Waals surface area contributed by atoms with Crippen LogP contribution in [-0.2, 0) is 9.47 Å². The summed E-state index contributed by atoms with van der Waals surface area (Å²) < 4.78 is 11.1. The molecule has 25 heavy (non-hydrogen) atoms. The fraction of sp³-hybridized carbons (Fsp3) is 0.947. The summed E-state index contributed by atoms with van der Waals surface area (Å²) in [5.74, 6) is 1.54. The zero-order valence-corrected chi connectivity index (χ0v) is 16.3. The molecule has 2 N–H and O–H groups in total. The number of nitrogens with zero attached hydrogens (tertiary/aromatic N) is 2. The summed E-state index contributed by atoms with van der Waals surface area (Å²) in [6.07, 6.45) is 6.09. The Hall–Kier alpha value is -0.850. The van der Waals surface area contributed by atoms with Crippen molar-refractivity contribution in [1.82, 2.24) is 15.5 Å². The zero-order chi connectivity index (χ0) is 17.7. The molecule has 2 aliphatic rings. The minimum Gasteiger partial charge on any atom is -0.381 e. The summed E-state index contributed by atoms with van der Waals surface area (Å²) in [6, 6.07) is 0.603. The highest BCUT2D eigenvalue weighted by Gasteiger charge is 2.20. The molecule has 6 nitrogen and oxygen atoms in total. The first-order valence-electron chi connectivity index (χ1n) is 10.2. The van der Waals surface area contributed by atoms with Crippen LogP contribution in [0.5, 0.6) is 0 Å². The van der Waals surface area contributed by atoms with Gasteiger partial charge in [-0.05, 0) is 45.7 Å². The Labute approximate surface area is 153 Å². The van der Waals surface area contributed by atoms with E-state index in [1.165, 1.54) is 25.8 Å². The van der Waals surface area contributed by atoms with Gasteiger partial charge in [0.25, 0.3) is 0 Å². The summed E-state index contributed by atoms with van der Waals surface area (Å²) >= 11 is 0. The summed E-state index contributed by atoms with van der Waals surface area (Å²) in [6.45, 7) is 12.8. The molecule has 0 radical (unpaired) electrons. The standard InChI is InChI=1S/C19H38N4O2/c1-3-20-19(22-14-18-8-5-6-11-23(18)4-2)21-10-7-12-24-15-17-9-13-25-16-17/h17-18H,3-16H2,1-2H3,(H2,20,21,22). The lowest BCUT2D eigenvalue weighted by atomic mass is 10.0. The van der Waals surface area contributed by atoms with Crippen molar-refractivity contribution in [2.75, 3.05) is 59.2 Å². The maximum absolute atomic E-state index is 5.76. The first kappa shape index (κ1) is 20.5. The molecule has 0 amide bonds. The fourth-order valence-electron chi connectivity index (χ4n) is 3.57. The molecule has 2 aliphatic heterocycles. The first-order chi connectivity index (χ1) is 12.3. The maximum Gasteiger partial charge on any atom is 0.191 e. The van der Waals surface area contributed by atoms with E-state index in [0.717, 1.165) is 71.4 Å². The highest BCUT2D eigenvalue weighted by Crippen LogP contribution is 2.16. The molecule has 0 aromatic rings. The summed E-state index contributed by atoms with van der Waals surface area (Å²) in [4.78, 5) is 7.38. The second-order valence-electron chi connectivity index (χ2n) is 7.08. The number of rotatable bonds is 10. The number of ether oxygens (including phenoxy) is 2. The molecule has 6 heteroatoms. The number of hydrogen-bond donors (Lipinski definition) is 2. The predicted molar refractivity (Wildman–Crippen MR) is 103 cm³/mol. The molecule has 0 spiro atoms. The van der Waals surface area contributed by atoms with Gasteiger partial charge in [0.2, 0.25) is 0 Å². The van der Waals surface area contributed by atoms with Crippen molar-refractivity contribution in [2.45, 2.75) is 52.0 Å². The van der Waals surface area contributed by atoms with Crippen molar-refractivity contribution in [2.24, 2.45) is 10.9 Å². The summed E-state index contributed by atoms with van der Waals surface area (Å²) in [5.41, 5.74) is 0. The number of guanidine groups is 1. The lowest BCUT2D eigenvalue weighted by Crippen LogP contribution is -2.43. The van der Waals surface area contributed by atoms with Crippen LogP contribution in [-0.4, -0.2) is 76.1 Å². The van der Waals surface area contributed by atoms with Crippen LogP contribution in [0.25, 0.3) is 0 Å². The van der Waals surface area contributed by atoms with E-state index in [1.54, 1.807) is 0 Å². The molecule has 2 unspecified atom stereocenters. The van der Waals surface area contributed by atoms with Gasteiger partial charge in [0.05, 0.1) is 19.8 Å². The Morgan fingerprint density at radius 3 is 2.92 bits per heavy atom. The predicted octanol–water partition coefficient (Wildman–Crippen LogP) is 1.86. The lowest BCUT2D eigenvalue weighted by molar-refractivity contribution is 0.0888. The number of aliphatic imine (C=N–C) groups is 1. The van der Waals surface area contributed by atoms with E-state index in [9.17, 15) is 0 Å². The number of hydrogen-bond acceptors (Lipinski definition) is 4. The van der Waals surface area contributed by atoms with Crippen LogP contribution < -0.4 is 10.6 Å². The average Bonchev–Trinajstić information content (AvgIpc) is 3.16. The highest BCUT2D eigenvalue weighted by molar-refractivity contribution is 5.79. The Kier molecular flexibility index (Phi) is 10.2. The van der Waals surface area contributed by atoms with Crippen molar-refractivity contribution in [3.63, 3.8) is 0 Å². The van der Waals surface area contributed by atoms with Gasteiger partial charge in [0, 0.05) is 38.3 Å². The van der Waals surface area contributed by atoms with E-state index in [2.05, 4.69) is 29.4 Å². The van der Waals surface area contributed by atoms with Crippen molar-refractivity contribution in [1.29, 1.82) is 0 Å². The fourth-order valence-corrected chi connectivity index (χ4v) is 3.57. The minimum absolute atomic E-state index is 0.601. The molecule has 2 saturated heterocycles. The van der Waals surface area contributed by atoms with Gasteiger partial charge in [-0.1, -0.05) is 13.3 Å². The molecule has 0 aliphatic carbocycles. The Morgan fingerprint density at radius 2 is 2.16 bits per heavy atom. The van der Waals surface area contributed by atoms with E-state index in [-0.39, 0.29) is 0 Å². The van der Waals surface area contributed by atoms with Crippen molar-refractivity contribution in [3.05, 3.63) is 0 Å². The largest absolute Gasteiger partial charge is 0.381 e. The summed E-state index contributed by atoms with van der Waals surface area (Å²) in [5, 5.41) is 6.79. The number of likely N-dealkylation sites (tertiary alicyclic amines) is 1. The molecule has 0 bridgehead atoms. The van der Waals surface area contributed by atoms with E-state index in [4.69, 9.17) is 14.5 Å². The molecule has 2 rings (SSSR count). The molecule has 0 saturated carbocycles. The van der Waals surface area contributed by atoms with Crippen LogP contribution in [0.3, 0.4) is 0 Å². The van der Waals surface area contributed by atoms with Crippen molar-refractivity contribution >= 4 is 5.96 Å². The van der Waals surface area contributed by atoms with Crippen LogP contribution >= 0.6 is 0 Å².